The molecule has 2 atom stereocenters. The van der Waals surface area contributed by atoms with Gasteiger partial charge in [-0.1, -0.05) is 47.5 Å². The van der Waals surface area contributed by atoms with Crippen molar-refractivity contribution in [3.63, 3.8) is 0 Å². The maximum absolute atomic E-state index is 14.9. The molecule has 11 heteroatoms. The van der Waals surface area contributed by atoms with E-state index in [2.05, 4.69) is 0 Å². The topological polar surface area (TPSA) is 113 Å². The van der Waals surface area contributed by atoms with Gasteiger partial charge in [-0.25, -0.2) is 4.79 Å². The van der Waals surface area contributed by atoms with Crippen molar-refractivity contribution in [1.29, 1.82) is 0 Å². The number of aromatic nitrogens is 1. The smallest absolute Gasteiger partial charge is 0.340 e. The van der Waals surface area contributed by atoms with Gasteiger partial charge in [0.15, 0.2) is 0 Å². The van der Waals surface area contributed by atoms with Gasteiger partial charge in [-0.2, -0.15) is 0 Å². The van der Waals surface area contributed by atoms with Gasteiger partial charge >= 0.3 is 5.97 Å². The molecular formula is C30H27Cl2N3O6. The number of fused-ring (bicyclic) bond motifs is 4. The third-order valence-corrected chi connectivity index (χ3v) is 8.72. The number of carbonyl (C=O) groups is 2. The Bertz CT molecular complexity index is 1690. The summed E-state index contributed by atoms with van der Waals surface area (Å²) in [6.45, 7) is 2.79. The number of aryl methyl sites for hydroxylation is 1. The summed E-state index contributed by atoms with van der Waals surface area (Å²) in [6.07, 6.45) is 1.56. The molecule has 3 aliphatic rings. The Kier molecular flexibility index (Phi) is 6.84. The number of halogens is 2. The van der Waals surface area contributed by atoms with Crippen molar-refractivity contribution in [3.05, 3.63) is 103 Å². The lowest BCUT2D eigenvalue weighted by molar-refractivity contribution is -0.138. The summed E-state index contributed by atoms with van der Waals surface area (Å²) in [5, 5.41) is 0.714. The molecule has 1 spiro atoms. The van der Waals surface area contributed by atoms with Crippen LogP contribution in [-0.4, -0.2) is 36.3 Å². The fourth-order valence-corrected chi connectivity index (χ4v) is 6.45. The number of para-hydroxylation sites is 1. The van der Waals surface area contributed by atoms with Gasteiger partial charge in [-0.3, -0.25) is 9.59 Å². The standard InChI is InChI=1S/C30H27Cl2N3O6/c1-16-12-23-24(27(36)34(16)15-18-6-5-11-40-18)30(25(26(33)41-23)28(37)39-2)19-7-3-4-8-22(19)35(29(30)38)14-17-9-10-20(31)21(32)13-17/h3-4,7-10,12-13,18H,5-6,11,14-15,33H2,1-2H3/t18-,30+/m0/s1. The van der Waals surface area contributed by atoms with Crippen LogP contribution >= 0.6 is 23.2 Å². The Balaban J connectivity index is 1.62. The Morgan fingerprint density at radius 1 is 1.15 bits per heavy atom. The van der Waals surface area contributed by atoms with E-state index in [4.69, 9.17) is 43.1 Å². The van der Waals surface area contributed by atoms with Crippen molar-refractivity contribution in [2.45, 2.75) is 44.4 Å². The maximum atomic E-state index is 14.9. The van der Waals surface area contributed by atoms with E-state index in [-0.39, 0.29) is 35.4 Å². The van der Waals surface area contributed by atoms with Crippen LogP contribution in [0.3, 0.4) is 0 Å². The molecule has 0 bridgehead atoms. The summed E-state index contributed by atoms with van der Waals surface area (Å²) < 4.78 is 18.4. The zero-order chi connectivity index (χ0) is 29.1. The molecule has 41 heavy (non-hydrogen) atoms. The number of methoxy groups -OCH3 is 1. The predicted octanol–water partition coefficient (Wildman–Crippen LogP) is 4.21. The van der Waals surface area contributed by atoms with Crippen molar-refractivity contribution in [2.75, 3.05) is 18.6 Å². The summed E-state index contributed by atoms with van der Waals surface area (Å²) in [4.78, 5) is 44.3. The van der Waals surface area contributed by atoms with Gasteiger partial charge in [0.1, 0.15) is 16.7 Å². The van der Waals surface area contributed by atoms with Crippen LogP contribution in [0, 0.1) is 6.92 Å². The lowest BCUT2D eigenvalue weighted by Gasteiger charge is -2.36. The summed E-state index contributed by atoms with van der Waals surface area (Å²) in [5.74, 6) is -1.61. The van der Waals surface area contributed by atoms with Crippen molar-refractivity contribution >= 4 is 40.8 Å². The zero-order valence-corrected chi connectivity index (χ0v) is 23.9. The lowest BCUT2D eigenvalue weighted by atomic mass is 9.68. The minimum Gasteiger partial charge on any atom is -0.465 e. The van der Waals surface area contributed by atoms with Crippen LogP contribution < -0.4 is 20.9 Å². The number of rotatable bonds is 5. The molecule has 1 fully saturated rings. The largest absolute Gasteiger partial charge is 0.465 e. The number of hydrogen-bond acceptors (Lipinski definition) is 7. The Morgan fingerprint density at radius 2 is 1.93 bits per heavy atom. The second kappa shape index (κ2) is 10.2. The SMILES string of the molecule is COC(=O)C1=C(N)Oc2cc(C)n(C[C@@H]3CCCO3)c(=O)c2[C@@]12C(=O)N(Cc1ccc(Cl)c(Cl)c1)c1ccccc12. The van der Waals surface area contributed by atoms with Crippen molar-refractivity contribution < 1.29 is 23.8 Å². The molecule has 0 unspecified atom stereocenters. The third-order valence-electron chi connectivity index (χ3n) is 7.98. The first-order valence-electron chi connectivity index (χ1n) is 13.2. The number of benzene rings is 2. The molecule has 2 aromatic carbocycles. The number of nitrogens with two attached hydrogens (primary N) is 1. The van der Waals surface area contributed by atoms with E-state index < -0.39 is 22.9 Å². The van der Waals surface area contributed by atoms with Crippen molar-refractivity contribution in [2.24, 2.45) is 5.73 Å². The van der Waals surface area contributed by atoms with Crippen LogP contribution in [0.5, 0.6) is 5.75 Å². The number of amides is 1. The van der Waals surface area contributed by atoms with Crippen LogP contribution in [0.2, 0.25) is 10.0 Å². The van der Waals surface area contributed by atoms with E-state index in [1.165, 1.54) is 12.0 Å². The summed E-state index contributed by atoms with van der Waals surface area (Å²) in [5.41, 5.74) is 5.99. The molecule has 9 nitrogen and oxygen atoms in total. The monoisotopic (exact) mass is 595 g/mol. The Labute approximate surface area is 246 Å². The molecule has 0 aliphatic carbocycles. The molecule has 2 N–H and O–H groups in total. The van der Waals surface area contributed by atoms with Gasteiger partial charge in [0.2, 0.25) is 11.8 Å². The second-order valence-corrected chi connectivity index (χ2v) is 11.1. The van der Waals surface area contributed by atoms with E-state index in [0.717, 1.165) is 12.8 Å². The predicted molar refractivity (Wildman–Crippen MR) is 153 cm³/mol. The third kappa shape index (κ3) is 4.14. The molecule has 3 aromatic rings. The normalized spacial score (nSPS) is 21.2. The molecule has 0 radical (unpaired) electrons. The average molecular weight is 596 g/mol. The highest BCUT2D eigenvalue weighted by Gasteiger charge is 2.62. The number of ether oxygens (including phenoxy) is 3. The molecular weight excluding hydrogens is 569 g/mol. The fraction of sp³-hybridized carbons (Fsp3) is 0.300. The quantitative estimate of drug-likeness (QED) is 0.439. The van der Waals surface area contributed by atoms with Gasteiger partial charge in [-0.15, -0.1) is 0 Å². The summed E-state index contributed by atoms with van der Waals surface area (Å²) in [6, 6.07) is 13.8. The lowest BCUT2D eigenvalue weighted by Crippen LogP contribution is -2.52. The summed E-state index contributed by atoms with van der Waals surface area (Å²) >= 11 is 12.4. The van der Waals surface area contributed by atoms with Crippen LogP contribution in [0.15, 0.2) is 64.8 Å². The minimum atomic E-state index is -1.92. The molecule has 1 aromatic heterocycles. The highest BCUT2D eigenvalue weighted by molar-refractivity contribution is 6.42. The van der Waals surface area contributed by atoms with Gasteiger partial charge in [0, 0.05) is 29.6 Å². The number of pyridine rings is 1. The average Bonchev–Trinajstić information content (AvgIpc) is 3.54. The van der Waals surface area contributed by atoms with E-state index >= 15 is 0 Å². The number of carbonyl (C=O) groups excluding carboxylic acids is 2. The Hall–Kier alpha value is -3.79. The number of anilines is 1. The number of nitrogens with zero attached hydrogens (tertiary/aromatic N) is 2. The van der Waals surface area contributed by atoms with Gasteiger partial charge < -0.3 is 29.4 Å². The molecule has 3 aliphatic heterocycles. The molecule has 1 saturated heterocycles. The first-order chi connectivity index (χ1) is 19.7. The van der Waals surface area contributed by atoms with Gasteiger partial charge in [-0.05, 0) is 43.5 Å². The first kappa shape index (κ1) is 27.4. The van der Waals surface area contributed by atoms with Crippen molar-refractivity contribution in [1.82, 2.24) is 4.57 Å². The van der Waals surface area contributed by atoms with E-state index in [1.807, 2.05) is 0 Å². The zero-order valence-electron chi connectivity index (χ0n) is 22.4. The van der Waals surface area contributed by atoms with Crippen LogP contribution in [-0.2, 0) is 37.6 Å². The highest BCUT2D eigenvalue weighted by Crippen LogP contribution is 2.55. The van der Waals surface area contributed by atoms with E-state index in [1.54, 1.807) is 60.0 Å². The van der Waals surface area contributed by atoms with E-state index in [0.29, 0.717) is 45.7 Å². The van der Waals surface area contributed by atoms with Crippen LogP contribution in [0.25, 0.3) is 0 Å². The molecule has 6 rings (SSSR count). The number of hydrogen-bond donors (Lipinski definition) is 1. The summed E-state index contributed by atoms with van der Waals surface area (Å²) in [7, 11) is 1.19. The Morgan fingerprint density at radius 3 is 2.63 bits per heavy atom. The second-order valence-electron chi connectivity index (χ2n) is 10.3. The molecule has 212 valence electrons. The fourth-order valence-electron chi connectivity index (χ4n) is 6.13. The van der Waals surface area contributed by atoms with Crippen LogP contribution in [0.1, 0.15) is 35.2 Å². The highest BCUT2D eigenvalue weighted by atomic mass is 35.5. The number of esters is 1. The molecule has 1 amide bonds. The van der Waals surface area contributed by atoms with Gasteiger partial charge in [0.25, 0.3) is 5.56 Å². The molecule has 0 saturated carbocycles. The molecule has 4 heterocycles. The van der Waals surface area contributed by atoms with Crippen molar-refractivity contribution in [3.8, 4) is 5.75 Å². The van der Waals surface area contributed by atoms with E-state index in [9.17, 15) is 14.4 Å². The van der Waals surface area contributed by atoms with Crippen LogP contribution in [0.4, 0.5) is 5.69 Å². The maximum Gasteiger partial charge on any atom is 0.340 e. The van der Waals surface area contributed by atoms with Gasteiger partial charge in [0.05, 0.1) is 41.9 Å². The first-order valence-corrected chi connectivity index (χ1v) is 13.9. The minimum absolute atomic E-state index is 0.00443.